The summed E-state index contributed by atoms with van der Waals surface area (Å²) in [5, 5.41) is 3.29. The molecule has 2 aliphatic rings. The van der Waals surface area contributed by atoms with E-state index in [-0.39, 0.29) is 17.9 Å². The first-order chi connectivity index (χ1) is 10.8. The minimum absolute atomic E-state index is 0.189. The molecule has 4 heteroatoms. The fourth-order valence-electron chi connectivity index (χ4n) is 3.14. The van der Waals surface area contributed by atoms with Gasteiger partial charge in [-0.1, -0.05) is 36.8 Å². The van der Waals surface area contributed by atoms with Gasteiger partial charge in [0.2, 0.25) is 5.91 Å². The van der Waals surface area contributed by atoms with Gasteiger partial charge in [-0.05, 0) is 24.8 Å². The molecule has 1 N–H and O–H groups in total. The number of hydrogen-bond donors (Lipinski definition) is 1. The van der Waals surface area contributed by atoms with Crippen LogP contribution in [0.4, 0.5) is 0 Å². The molecule has 0 unspecified atom stereocenters. The molecule has 0 radical (unpaired) electrons. The Morgan fingerprint density at radius 1 is 1.23 bits per heavy atom. The zero-order valence-corrected chi connectivity index (χ0v) is 13.2. The molecule has 0 bridgehead atoms. The summed E-state index contributed by atoms with van der Waals surface area (Å²) in [4.78, 5) is 14.7. The first-order valence-electron chi connectivity index (χ1n) is 8.45. The van der Waals surface area contributed by atoms with Crippen LogP contribution >= 0.6 is 0 Å². The summed E-state index contributed by atoms with van der Waals surface area (Å²) < 4.78 is 5.42. The number of rotatable bonds is 6. The number of hydrogen-bond acceptors (Lipinski definition) is 3. The van der Waals surface area contributed by atoms with E-state index >= 15 is 0 Å². The Morgan fingerprint density at radius 3 is 2.59 bits per heavy atom. The summed E-state index contributed by atoms with van der Waals surface area (Å²) in [6.45, 7) is 4.44. The Hall–Kier alpha value is -1.39. The van der Waals surface area contributed by atoms with Crippen molar-refractivity contribution in [3.05, 3.63) is 35.9 Å². The molecule has 0 spiro atoms. The largest absolute Gasteiger partial charge is 0.379 e. The lowest BCUT2D eigenvalue weighted by Gasteiger charge is -2.33. The highest BCUT2D eigenvalue weighted by Gasteiger charge is 2.27. The molecule has 1 saturated carbocycles. The van der Waals surface area contributed by atoms with E-state index in [1.54, 1.807) is 0 Å². The highest BCUT2D eigenvalue weighted by atomic mass is 16.5. The quantitative estimate of drug-likeness (QED) is 0.872. The SMILES string of the molecule is O=C(N[C@@H](Cc1ccccc1)CN1CCOCC1)C1CCC1. The van der Waals surface area contributed by atoms with E-state index in [4.69, 9.17) is 4.74 Å². The van der Waals surface area contributed by atoms with E-state index in [1.807, 2.05) is 6.07 Å². The van der Waals surface area contributed by atoms with Gasteiger partial charge >= 0.3 is 0 Å². The van der Waals surface area contributed by atoms with E-state index in [0.29, 0.717) is 0 Å². The fourth-order valence-corrected chi connectivity index (χ4v) is 3.14. The third-order valence-corrected chi connectivity index (χ3v) is 4.73. The number of amides is 1. The van der Waals surface area contributed by atoms with Gasteiger partial charge in [-0.15, -0.1) is 0 Å². The Bertz CT molecular complexity index is 467. The summed E-state index contributed by atoms with van der Waals surface area (Å²) in [6, 6.07) is 10.6. The van der Waals surface area contributed by atoms with Gasteiger partial charge in [0, 0.05) is 31.6 Å². The second-order valence-electron chi connectivity index (χ2n) is 6.44. The molecule has 1 aromatic carbocycles. The molecule has 1 saturated heterocycles. The number of morpholine rings is 1. The molecule has 1 aromatic rings. The van der Waals surface area contributed by atoms with Crippen LogP contribution in [-0.2, 0) is 16.0 Å². The summed E-state index contributed by atoms with van der Waals surface area (Å²) >= 11 is 0. The molecule has 1 atom stereocenters. The third kappa shape index (κ3) is 4.31. The van der Waals surface area contributed by atoms with E-state index in [1.165, 1.54) is 12.0 Å². The molecule has 3 rings (SSSR count). The zero-order valence-electron chi connectivity index (χ0n) is 13.2. The van der Waals surface area contributed by atoms with Crippen molar-refractivity contribution in [3.63, 3.8) is 0 Å². The van der Waals surface area contributed by atoms with Crippen molar-refractivity contribution >= 4 is 5.91 Å². The Morgan fingerprint density at radius 2 is 1.95 bits per heavy atom. The molecule has 2 fully saturated rings. The van der Waals surface area contributed by atoms with Gasteiger partial charge in [-0.3, -0.25) is 9.69 Å². The number of nitrogens with zero attached hydrogens (tertiary/aromatic N) is 1. The van der Waals surface area contributed by atoms with E-state index in [0.717, 1.165) is 52.1 Å². The van der Waals surface area contributed by atoms with Crippen molar-refractivity contribution in [2.24, 2.45) is 5.92 Å². The minimum atomic E-state index is 0.189. The van der Waals surface area contributed by atoms with Crippen LogP contribution < -0.4 is 5.32 Å². The molecule has 1 heterocycles. The van der Waals surface area contributed by atoms with Crippen LogP contribution in [-0.4, -0.2) is 49.7 Å². The lowest BCUT2D eigenvalue weighted by atomic mass is 9.84. The third-order valence-electron chi connectivity index (χ3n) is 4.73. The summed E-state index contributed by atoms with van der Waals surface area (Å²) in [5.41, 5.74) is 1.29. The predicted octanol–water partition coefficient (Wildman–Crippen LogP) is 1.85. The maximum atomic E-state index is 12.3. The van der Waals surface area contributed by atoms with Gasteiger partial charge in [0.1, 0.15) is 0 Å². The predicted molar refractivity (Wildman–Crippen MR) is 86.7 cm³/mol. The molecule has 1 amide bonds. The van der Waals surface area contributed by atoms with Gasteiger partial charge in [0.15, 0.2) is 0 Å². The molecule has 120 valence electrons. The molecule has 22 heavy (non-hydrogen) atoms. The van der Waals surface area contributed by atoms with Crippen LogP contribution in [0.1, 0.15) is 24.8 Å². The number of ether oxygens (including phenoxy) is 1. The number of benzene rings is 1. The minimum Gasteiger partial charge on any atom is -0.379 e. The highest BCUT2D eigenvalue weighted by molar-refractivity contribution is 5.79. The van der Waals surface area contributed by atoms with Crippen LogP contribution in [0.25, 0.3) is 0 Å². The Kier molecular flexibility index (Phi) is 5.46. The summed E-state index contributed by atoms with van der Waals surface area (Å²) in [5.74, 6) is 0.503. The summed E-state index contributed by atoms with van der Waals surface area (Å²) in [6.07, 6.45) is 4.21. The Labute approximate surface area is 132 Å². The molecule has 4 nitrogen and oxygen atoms in total. The van der Waals surface area contributed by atoms with Gasteiger partial charge in [-0.2, -0.15) is 0 Å². The highest BCUT2D eigenvalue weighted by Crippen LogP contribution is 2.26. The van der Waals surface area contributed by atoms with Gasteiger partial charge in [-0.25, -0.2) is 0 Å². The maximum absolute atomic E-state index is 12.3. The smallest absolute Gasteiger partial charge is 0.223 e. The molecule has 1 aliphatic heterocycles. The van der Waals surface area contributed by atoms with Crippen molar-refractivity contribution in [2.45, 2.75) is 31.7 Å². The van der Waals surface area contributed by atoms with Gasteiger partial charge in [0.05, 0.1) is 13.2 Å². The number of carbonyl (C=O) groups excluding carboxylic acids is 1. The maximum Gasteiger partial charge on any atom is 0.223 e. The zero-order chi connectivity index (χ0) is 15.2. The van der Waals surface area contributed by atoms with Crippen molar-refractivity contribution in [1.82, 2.24) is 10.2 Å². The molecule has 1 aliphatic carbocycles. The second kappa shape index (κ2) is 7.75. The Balaban J connectivity index is 1.59. The van der Waals surface area contributed by atoms with Gasteiger partial charge < -0.3 is 10.1 Å². The number of carbonyl (C=O) groups is 1. The first-order valence-corrected chi connectivity index (χ1v) is 8.45. The van der Waals surface area contributed by atoms with Crippen molar-refractivity contribution < 1.29 is 9.53 Å². The normalized spacial score (nSPS) is 21.1. The summed E-state index contributed by atoms with van der Waals surface area (Å²) in [7, 11) is 0. The fraction of sp³-hybridized carbons (Fsp3) is 0.611. The lowest BCUT2D eigenvalue weighted by molar-refractivity contribution is -0.128. The monoisotopic (exact) mass is 302 g/mol. The van der Waals surface area contributed by atoms with Crippen LogP contribution in [0.2, 0.25) is 0 Å². The standard InChI is InChI=1S/C18H26N2O2/c21-18(16-7-4-8-16)19-17(13-15-5-2-1-3-6-15)14-20-9-11-22-12-10-20/h1-3,5-6,16-17H,4,7-14H2,(H,19,21)/t17-/m0/s1. The average molecular weight is 302 g/mol. The van der Waals surface area contributed by atoms with Gasteiger partial charge in [0.25, 0.3) is 0 Å². The lowest BCUT2D eigenvalue weighted by Crippen LogP contribution is -2.50. The topological polar surface area (TPSA) is 41.6 Å². The van der Waals surface area contributed by atoms with E-state index in [2.05, 4.69) is 34.5 Å². The molecular weight excluding hydrogens is 276 g/mol. The van der Waals surface area contributed by atoms with E-state index in [9.17, 15) is 4.79 Å². The molecular formula is C18H26N2O2. The first kappa shape index (κ1) is 15.5. The number of nitrogens with one attached hydrogen (secondary N) is 1. The van der Waals surface area contributed by atoms with Crippen LogP contribution in [0.5, 0.6) is 0 Å². The second-order valence-corrected chi connectivity index (χ2v) is 6.44. The average Bonchev–Trinajstić information content (AvgIpc) is 2.47. The van der Waals surface area contributed by atoms with Crippen molar-refractivity contribution in [1.29, 1.82) is 0 Å². The van der Waals surface area contributed by atoms with Crippen LogP contribution in [0.15, 0.2) is 30.3 Å². The van der Waals surface area contributed by atoms with Crippen LogP contribution in [0, 0.1) is 5.92 Å². The van der Waals surface area contributed by atoms with E-state index < -0.39 is 0 Å². The van der Waals surface area contributed by atoms with Crippen LogP contribution in [0.3, 0.4) is 0 Å². The molecule has 0 aromatic heterocycles. The van der Waals surface area contributed by atoms with Crippen molar-refractivity contribution in [2.75, 3.05) is 32.8 Å². The van der Waals surface area contributed by atoms with Crippen molar-refractivity contribution in [3.8, 4) is 0 Å².